The van der Waals surface area contributed by atoms with E-state index in [9.17, 15) is 0 Å². The van der Waals surface area contributed by atoms with Gasteiger partial charge in [0.05, 0.1) is 26.7 Å². The van der Waals surface area contributed by atoms with E-state index < -0.39 is 0 Å². The Labute approximate surface area is 161 Å². The van der Waals surface area contributed by atoms with Crippen molar-refractivity contribution < 1.29 is 4.48 Å². The molecule has 0 heterocycles. The van der Waals surface area contributed by atoms with Gasteiger partial charge >= 0.3 is 0 Å². The maximum absolute atomic E-state index is 2.56. The predicted molar refractivity (Wildman–Crippen MR) is 116 cm³/mol. The molecular formula is C24H52N+. The lowest BCUT2D eigenvalue weighted by Gasteiger charge is -2.42. The average Bonchev–Trinajstić information content (AvgIpc) is 2.52. The molecule has 1 nitrogen and oxygen atoms in total. The van der Waals surface area contributed by atoms with Gasteiger partial charge in [0, 0.05) is 11.3 Å². The zero-order valence-corrected chi connectivity index (χ0v) is 19.3. The van der Waals surface area contributed by atoms with E-state index >= 15 is 0 Å². The van der Waals surface area contributed by atoms with Crippen LogP contribution in [0.2, 0.25) is 0 Å². The quantitative estimate of drug-likeness (QED) is 0.209. The lowest BCUT2D eigenvalue weighted by atomic mass is 9.90. The normalized spacial score (nSPS) is 17.3. The topological polar surface area (TPSA) is 0 Å². The number of hydrogen-bond acceptors (Lipinski definition) is 0. The molecule has 0 aliphatic rings. The van der Waals surface area contributed by atoms with E-state index in [1.54, 1.807) is 0 Å². The van der Waals surface area contributed by atoms with Crippen molar-refractivity contribution in [3.05, 3.63) is 0 Å². The van der Waals surface area contributed by atoms with Crippen LogP contribution in [0.25, 0.3) is 0 Å². The molecule has 0 aromatic heterocycles. The van der Waals surface area contributed by atoms with Crippen molar-refractivity contribution in [2.24, 2.45) is 17.3 Å². The Hall–Kier alpha value is -0.0400. The minimum Gasteiger partial charge on any atom is -0.325 e. The molecule has 1 heteroatoms. The molecule has 25 heavy (non-hydrogen) atoms. The first-order chi connectivity index (χ1) is 11.7. The fourth-order valence-electron chi connectivity index (χ4n) is 4.65. The molecule has 2 unspecified atom stereocenters. The molecule has 3 atom stereocenters. The van der Waals surface area contributed by atoms with Crippen molar-refractivity contribution in [3.63, 3.8) is 0 Å². The molecule has 0 saturated heterocycles. The minimum atomic E-state index is 0.418. The summed E-state index contributed by atoms with van der Waals surface area (Å²) >= 11 is 0. The van der Waals surface area contributed by atoms with Gasteiger partial charge in [-0.25, -0.2) is 0 Å². The van der Waals surface area contributed by atoms with Crippen LogP contribution in [0.4, 0.5) is 0 Å². The lowest BCUT2D eigenvalue weighted by molar-refractivity contribution is -0.919. The van der Waals surface area contributed by atoms with Crippen molar-refractivity contribution in [1.29, 1.82) is 0 Å². The largest absolute Gasteiger partial charge is 0.325 e. The first kappa shape index (κ1) is 25.0. The third-order valence-electron chi connectivity index (χ3n) is 5.97. The number of nitrogens with zero attached hydrogens (tertiary/aromatic N) is 1. The SMILES string of the molecule is CCCCC[C@@H](CC)C[N+](C)(CCC(CC)CCCC)CC(C)(C)C. The third kappa shape index (κ3) is 12.9. The molecule has 0 aliphatic heterocycles. The van der Waals surface area contributed by atoms with Crippen LogP contribution in [-0.4, -0.2) is 31.2 Å². The van der Waals surface area contributed by atoms with Gasteiger partial charge in [0.1, 0.15) is 0 Å². The van der Waals surface area contributed by atoms with E-state index in [1.165, 1.54) is 88.3 Å². The molecule has 0 saturated carbocycles. The Balaban J connectivity index is 4.84. The van der Waals surface area contributed by atoms with E-state index in [0.717, 1.165) is 11.8 Å². The Morgan fingerprint density at radius 2 is 1.28 bits per heavy atom. The number of quaternary nitrogens is 1. The van der Waals surface area contributed by atoms with Gasteiger partial charge in [0.25, 0.3) is 0 Å². The third-order valence-corrected chi connectivity index (χ3v) is 5.97. The molecular weight excluding hydrogens is 302 g/mol. The highest BCUT2D eigenvalue weighted by Crippen LogP contribution is 2.27. The Bertz CT molecular complexity index is 304. The Morgan fingerprint density at radius 1 is 0.720 bits per heavy atom. The molecule has 0 fully saturated rings. The summed E-state index contributed by atoms with van der Waals surface area (Å²) in [6, 6.07) is 0. The summed E-state index contributed by atoms with van der Waals surface area (Å²) in [6.07, 6.45) is 14.0. The van der Waals surface area contributed by atoms with Crippen LogP contribution in [0.5, 0.6) is 0 Å². The zero-order valence-electron chi connectivity index (χ0n) is 19.3. The standard InChI is InChI=1S/C24H52N/c1-9-13-15-17-23(12-4)20-25(8,21-24(5,6)7)19-18-22(11-3)16-14-10-2/h22-23H,9-21H2,1-8H3/q+1/t22?,23-,25?/m1/s1. The van der Waals surface area contributed by atoms with Gasteiger partial charge in [-0.1, -0.05) is 93.4 Å². The summed E-state index contributed by atoms with van der Waals surface area (Å²) in [5, 5.41) is 0. The zero-order chi connectivity index (χ0) is 19.3. The van der Waals surface area contributed by atoms with Gasteiger partial charge in [0.2, 0.25) is 0 Å². The van der Waals surface area contributed by atoms with Crippen molar-refractivity contribution in [3.8, 4) is 0 Å². The average molecular weight is 355 g/mol. The molecule has 0 rings (SSSR count). The maximum Gasteiger partial charge on any atom is 0.0833 e. The van der Waals surface area contributed by atoms with Crippen molar-refractivity contribution in [2.75, 3.05) is 26.7 Å². The van der Waals surface area contributed by atoms with Crippen LogP contribution < -0.4 is 0 Å². The van der Waals surface area contributed by atoms with Crippen LogP contribution in [-0.2, 0) is 0 Å². The van der Waals surface area contributed by atoms with Crippen molar-refractivity contribution >= 4 is 0 Å². The first-order valence-corrected chi connectivity index (χ1v) is 11.5. The summed E-state index contributed by atoms with van der Waals surface area (Å²) in [6.45, 7) is 20.8. The van der Waals surface area contributed by atoms with Gasteiger partial charge in [-0.2, -0.15) is 0 Å². The van der Waals surface area contributed by atoms with Crippen LogP contribution >= 0.6 is 0 Å². The van der Waals surface area contributed by atoms with Crippen LogP contribution in [0, 0.1) is 17.3 Å². The van der Waals surface area contributed by atoms with E-state index in [-0.39, 0.29) is 0 Å². The van der Waals surface area contributed by atoms with Crippen LogP contribution in [0.15, 0.2) is 0 Å². The summed E-state index contributed by atoms with van der Waals surface area (Å²) in [5.74, 6) is 1.85. The van der Waals surface area contributed by atoms with Gasteiger partial charge in [0.15, 0.2) is 0 Å². The monoisotopic (exact) mass is 354 g/mol. The van der Waals surface area contributed by atoms with E-state index in [2.05, 4.69) is 55.5 Å². The van der Waals surface area contributed by atoms with Gasteiger partial charge in [-0.3, -0.25) is 0 Å². The Kier molecular flexibility index (Phi) is 13.2. The fraction of sp³-hybridized carbons (Fsp3) is 1.00. The van der Waals surface area contributed by atoms with E-state index in [1.807, 2.05) is 0 Å². The molecule has 0 amide bonds. The molecule has 0 aromatic rings. The molecule has 0 radical (unpaired) electrons. The summed E-state index contributed by atoms with van der Waals surface area (Å²) in [5.41, 5.74) is 0.418. The van der Waals surface area contributed by atoms with Crippen LogP contribution in [0.3, 0.4) is 0 Å². The summed E-state index contributed by atoms with van der Waals surface area (Å²) in [4.78, 5) is 0. The Morgan fingerprint density at radius 3 is 1.76 bits per heavy atom. The maximum atomic E-state index is 2.56. The number of rotatable bonds is 15. The highest BCUT2D eigenvalue weighted by Gasteiger charge is 2.31. The molecule has 0 N–H and O–H groups in total. The predicted octanol–water partition coefficient (Wildman–Crippen LogP) is 7.69. The summed E-state index contributed by atoms with van der Waals surface area (Å²) < 4.78 is 1.29. The van der Waals surface area contributed by atoms with Gasteiger partial charge < -0.3 is 4.48 Å². The van der Waals surface area contributed by atoms with Gasteiger partial charge in [-0.05, 0) is 25.2 Å². The second kappa shape index (κ2) is 13.2. The van der Waals surface area contributed by atoms with Gasteiger partial charge in [-0.15, -0.1) is 0 Å². The molecule has 0 aliphatic carbocycles. The number of unbranched alkanes of at least 4 members (excludes halogenated alkanes) is 3. The highest BCUT2D eigenvalue weighted by molar-refractivity contribution is 4.66. The minimum absolute atomic E-state index is 0.418. The lowest BCUT2D eigenvalue weighted by Crippen LogP contribution is -2.52. The molecule has 0 aromatic carbocycles. The molecule has 0 spiro atoms. The highest BCUT2D eigenvalue weighted by atomic mass is 15.3. The second-order valence-electron chi connectivity index (χ2n) is 10.2. The van der Waals surface area contributed by atoms with E-state index in [0.29, 0.717) is 5.41 Å². The van der Waals surface area contributed by atoms with Crippen LogP contribution in [0.1, 0.15) is 113 Å². The smallest absolute Gasteiger partial charge is 0.0833 e. The summed E-state index contributed by atoms with van der Waals surface area (Å²) in [7, 11) is 2.56. The van der Waals surface area contributed by atoms with Crippen molar-refractivity contribution in [2.45, 2.75) is 113 Å². The van der Waals surface area contributed by atoms with Crippen molar-refractivity contribution in [1.82, 2.24) is 0 Å². The second-order valence-corrected chi connectivity index (χ2v) is 10.2. The molecule has 152 valence electrons. The first-order valence-electron chi connectivity index (χ1n) is 11.5. The molecule has 0 bridgehead atoms. The fourth-order valence-corrected chi connectivity index (χ4v) is 4.65. The number of hydrogen-bond donors (Lipinski definition) is 0. The van der Waals surface area contributed by atoms with E-state index in [4.69, 9.17) is 0 Å².